The van der Waals surface area contributed by atoms with Crippen LogP contribution in [0.25, 0.3) is 0 Å². The highest BCUT2D eigenvalue weighted by atomic mass is 32.2. The molecule has 0 saturated heterocycles. The second kappa shape index (κ2) is 9.05. The summed E-state index contributed by atoms with van der Waals surface area (Å²) in [5, 5.41) is 3.53. The first-order valence-electron chi connectivity index (χ1n) is 8.20. The molecule has 0 aliphatic heterocycles. The van der Waals surface area contributed by atoms with E-state index in [0.29, 0.717) is 29.9 Å². The minimum absolute atomic E-state index is 0.00541. The Labute approximate surface area is 158 Å². The lowest BCUT2D eigenvalue weighted by Crippen LogP contribution is -2.31. The zero-order chi connectivity index (χ0) is 19.2. The summed E-state index contributed by atoms with van der Waals surface area (Å²) in [6.45, 7) is 1.89. The number of carbonyl (C=O) groups excluding carboxylic acids is 1. The summed E-state index contributed by atoms with van der Waals surface area (Å²) in [4.78, 5) is 11.9. The number of hydrogen-bond donors (Lipinski definition) is 1. The summed E-state index contributed by atoms with van der Waals surface area (Å²) in [6.07, 6.45) is 1.06. The van der Waals surface area contributed by atoms with Crippen LogP contribution < -0.4 is 14.8 Å². The van der Waals surface area contributed by atoms with E-state index in [-0.39, 0.29) is 16.7 Å². The Kier molecular flexibility index (Phi) is 7.05. The van der Waals surface area contributed by atoms with Gasteiger partial charge < -0.3 is 14.8 Å². The fraction of sp³-hybridized carbons (Fsp3) is 0.389. The fourth-order valence-corrected chi connectivity index (χ4v) is 5.40. The average molecular weight is 398 g/mol. The van der Waals surface area contributed by atoms with Gasteiger partial charge in [-0.3, -0.25) is 4.79 Å². The van der Waals surface area contributed by atoms with Crippen LogP contribution in [0.4, 0.5) is 0 Å². The SMILES string of the molecule is CCCC(=O)NC[C@H](c1ccc(OC)c(OC)c1)S(=O)(=O)c1cccs1. The van der Waals surface area contributed by atoms with E-state index < -0.39 is 15.1 Å². The second-order valence-electron chi connectivity index (χ2n) is 5.63. The van der Waals surface area contributed by atoms with Gasteiger partial charge in [-0.25, -0.2) is 8.42 Å². The highest BCUT2D eigenvalue weighted by molar-refractivity contribution is 7.93. The predicted octanol–water partition coefficient (Wildman–Crippen LogP) is 3.20. The average Bonchev–Trinajstić information content (AvgIpc) is 3.17. The maximum absolute atomic E-state index is 13.1. The van der Waals surface area contributed by atoms with Gasteiger partial charge in [-0.15, -0.1) is 11.3 Å². The van der Waals surface area contributed by atoms with Gasteiger partial charge in [0.05, 0.1) is 14.2 Å². The Hall–Kier alpha value is -2.06. The summed E-state index contributed by atoms with van der Waals surface area (Å²) in [6, 6.07) is 8.25. The molecular formula is C18H23NO5S2. The van der Waals surface area contributed by atoms with Crippen molar-refractivity contribution in [3.63, 3.8) is 0 Å². The number of carbonyl (C=O) groups is 1. The molecule has 0 radical (unpaired) electrons. The van der Waals surface area contributed by atoms with Gasteiger partial charge in [-0.1, -0.05) is 19.1 Å². The van der Waals surface area contributed by atoms with Gasteiger partial charge in [0, 0.05) is 13.0 Å². The lowest BCUT2D eigenvalue weighted by molar-refractivity contribution is -0.121. The van der Waals surface area contributed by atoms with E-state index in [0.717, 1.165) is 11.3 Å². The van der Waals surface area contributed by atoms with Gasteiger partial charge in [0.15, 0.2) is 21.3 Å². The number of amides is 1. The van der Waals surface area contributed by atoms with Crippen LogP contribution in [0, 0.1) is 0 Å². The van der Waals surface area contributed by atoms with Crippen molar-refractivity contribution in [2.45, 2.75) is 29.2 Å². The molecule has 26 heavy (non-hydrogen) atoms. The molecule has 1 aromatic heterocycles. The molecule has 0 bridgehead atoms. The number of thiophene rings is 1. The van der Waals surface area contributed by atoms with E-state index in [2.05, 4.69) is 5.32 Å². The minimum Gasteiger partial charge on any atom is -0.493 e. The third-order valence-electron chi connectivity index (χ3n) is 3.89. The maximum Gasteiger partial charge on any atom is 0.220 e. The van der Waals surface area contributed by atoms with E-state index in [1.807, 2.05) is 6.92 Å². The molecule has 0 aliphatic carbocycles. The number of ether oxygens (including phenoxy) is 2. The number of hydrogen-bond acceptors (Lipinski definition) is 6. The van der Waals surface area contributed by atoms with Crippen molar-refractivity contribution in [3.05, 3.63) is 41.3 Å². The molecule has 8 heteroatoms. The van der Waals surface area contributed by atoms with Gasteiger partial charge >= 0.3 is 0 Å². The summed E-state index contributed by atoms with van der Waals surface area (Å²) in [5.74, 6) is 0.786. The lowest BCUT2D eigenvalue weighted by atomic mass is 10.1. The van der Waals surface area contributed by atoms with E-state index in [1.54, 1.807) is 35.7 Å². The maximum atomic E-state index is 13.1. The van der Waals surface area contributed by atoms with E-state index >= 15 is 0 Å². The van der Waals surface area contributed by atoms with Crippen molar-refractivity contribution in [2.75, 3.05) is 20.8 Å². The molecule has 0 saturated carbocycles. The zero-order valence-electron chi connectivity index (χ0n) is 15.0. The van der Waals surface area contributed by atoms with E-state index in [1.165, 1.54) is 14.2 Å². The van der Waals surface area contributed by atoms with Crippen molar-refractivity contribution in [1.29, 1.82) is 0 Å². The predicted molar refractivity (Wildman–Crippen MR) is 102 cm³/mol. The summed E-state index contributed by atoms with van der Waals surface area (Å²) >= 11 is 1.16. The third-order valence-corrected chi connectivity index (χ3v) is 7.42. The molecular weight excluding hydrogens is 374 g/mol. The molecule has 1 N–H and O–H groups in total. The largest absolute Gasteiger partial charge is 0.493 e. The Morgan fingerprint density at radius 2 is 1.92 bits per heavy atom. The van der Waals surface area contributed by atoms with E-state index in [4.69, 9.17) is 9.47 Å². The standard InChI is InChI=1S/C18H23NO5S2/c1-4-6-17(20)19-12-16(26(21,22)18-7-5-10-25-18)13-8-9-14(23-2)15(11-13)24-3/h5,7-11,16H,4,6,12H2,1-3H3,(H,19,20)/t16-/m1/s1. The number of benzene rings is 1. The van der Waals surface area contributed by atoms with Gasteiger partial charge in [0.2, 0.25) is 5.91 Å². The van der Waals surface area contributed by atoms with Gasteiger partial charge in [0.1, 0.15) is 9.46 Å². The molecule has 142 valence electrons. The quantitative estimate of drug-likeness (QED) is 0.703. The lowest BCUT2D eigenvalue weighted by Gasteiger charge is -2.19. The number of rotatable bonds is 9. The molecule has 0 unspecified atom stereocenters. The first-order chi connectivity index (χ1) is 12.4. The number of nitrogens with one attached hydrogen (secondary N) is 1. The Bertz CT molecular complexity index is 831. The second-order valence-corrected chi connectivity index (χ2v) is 8.94. The van der Waals surface area contributed by atoms with Crippen molar-refractivity contribution in [3.8, 4) is 11.5 Å². The molecule has 2 rings (SSSR count). The first kappa shape index (κ1) is 20.3. The zero-order valence-corrected chi connectivity index (χ0v) is 16.7. The number of methoxy groups -OCH3 is 2. The minimum atomic E-state index is -3.66. The van der Waals surface area contributed by atoms with Crippen molar-refractivity contribution in [2.24, 2.45) is 0 Å². The molecule has 1 heterocycles. The van der Waals surface area contributed by atoms with Crippen molar-refractivity contribution < 1.29 is 22.7 Å². The molecule has 1 atom stereocenters. The first-order valence-corrected chi connectivity index (χ1v) is 10.6. The Morgan fingerprint density at radius 1 is 1.19 bits per heavy atom. The monoisotopic (exact) mass is 397 g/mol. The molecule has 1 aromatic carbocycles. The fourth-order valence-electron chi connectivity index (χ4n) is 2.55. The molecule has 0 aliphatic rings. The smallest absolute Gasteiger partial charge is 0.220 e. The Balaban J connectivity index is 2.42. The summed E-state index contributed by atoms with van der Waals surface area (Å²) in [7, 11) is -0.649. The van der Waals surface area contributed by atoms with Crippen LogP contribution in [0.1, 0.15) is 30.6 Å². The number of sulfone groups is 1. The normalized spacial score (nSPS) is 12.4. The van der Waals surface area contributed by atoms with Crippen LogP contribution in [-0.2, 0) is 14.6 Å². The summed E-state index contributed by atoms with van der Waals surface area (Å²) < 4.78 is 37.0. The van der Waals surface area contributed by atoms with Crippen LogP contribution in [0.15, 0.2) is 39.9 Å². The topological polar surface area (TPSA) is 81.7 Å². The molecule has 2 aromatic rings. The third kappa shape index (κ3) is 4.56. The van der Waals surface area contributed by atoms with Crippen molar-refractivity contribution in [1.82, 2.24) is 5.32 Å². The van der Waals surface area contributed by atoms with Crippen LogP contribution in [0.5, 0.6) is 11.5 Å². The van der Waals surface area contributed by atoms with E-state index in [9.17, 15) is 13.2 Å². The molecule has 0 spiro atoms. The van der Waals surface area contributed by atoms with Crippen molar-refractivity contribution >= 4 is 27.1 Å². The Morgan fingerprint density at radius 3 is 2.50 bits per heavy atom. The highest BCUT2D eigenvalue weighted by Crippen LogP contribution is 2.36. The van der Waals surface area contributed by atoms with Crippen LogP contribution in [0.3, 0.4) is 0 Å². The summed E-state index contributed by atoms with van der Waals surface area (Å²) in [5.41, 5.74) is 0.535. The molecule has 1 amide bonds. The van der Waals surface area contributed by atoms with Crippen LogP contribution >= 0.6 is 11.3 Å². The molecule has 6 nitrogen and oxygen atoms in total. The van der Waals surface area contributed by atoms with Crippen LogP contribution in [0.2, 0.25) is 0 Å². The van der Waals surface area contributed by atoms with Gasteiger partial charge in [-0.2, -0.15) is 0 Å². The molecule has 0 fully saturated rings. The van der Waals surface area contributed by atoms with Crippen LogP contribution in [-0.4, -0.2) is 35.1 Å². The highest BCUT2D eigenvalue weighted by Gasteiger charge is 2.31. The van der Waals surface area contributed by atoms with Gasteiger partial charge in [-0.05, 0) is 35.6 Å². The van der Waals surface area contributed by atoms with Gasteiger partial charge in [0.25, 0.3) is 0 Å².